The predicted octanol–water partition coefficient (Wildman–Crippen LogP) is 3.52. The van der Waals surface area contributed by atoms with E-state index in [1.54, 1.807) is 0 Å². The van der Waals surface area contributed by atoms with Gasteiger partial charge in [0.05, 0.1) is 17.0 Å². The Kier molecular flexibility index (Phi) is 7.27. The second-order valence-corrected chi connectivity index (χ2v) is 12.9. The van der Waals surface area contributed by atoms with Crippen molar-refractivity contribution in [1.29, 1.82) is 0 Å². The number of aliphatic hydroxyl groups excluding tert-OH is 1. The first-order valence-corrected chi connectivity index (χ1v) is 14.9. The van der Waals surface area contributed by atoms with Crippen molar-refractivity contribution in [2.75, 3.05) is 6.54 Å². The number of allylic oxidation sites excluding steroid dienone is 3. The summed E-state index contributed by atoms with van der Waals surface area (Å²) in [5.41, 5.74) is 11.6. The van der Waals surface area contributed by atoms with Crippen molar-refractivity contribution in [3.05, 3.63) is 63.4 Å². The fraction of sp³-hybridized carbons (Fsp3) is 0.613. The zero-order valence-electron chi connectivity index (χ0n) is 24.8. The van der Waals surface area contributed by atoms with Gasteiger partial charge in [-0.2, -0.15) is 5.10 Å². The maximum atomic E-state index is 11.1. The Morgan fingerprint density at radius 1 is 1.18 bits per heavy atom. The van der Waals surface area contributed by atoms with Gasteiger partial charge >= 0.3 is 0 Å². The number of fused-ring (bicyclic) bond motifs is 2. The van der Waals surface area contributed by atoms with Gasteiger partial charge in [-0.3, -0.25) is 15.3 Å². The van der Waals surface area contributed by atoms with Crippen molar-refractivity contribution in [2.24, 2.45) is 23.4 Å². The van der Waals surface area contributed by atoms with Crippen molar-refractivity contribution in [2.45, 2.75) is 97.6 Å². The SMILES string of the molecule is Cc1nn(C)c(C)c1C1=NC2NCCC(C3C=C4CCCC[C@H](NC(O)C5C=C(C(C)(C)C)ON5)C4=CC3)=C2N1. The lowest BCUT2D eigenvalue weighted by Crippen LogP contribution is -2.49. The van der Waals surface area contributed by atoms with Crippen LogP contribution in [-0.2, 0) is 11.9 Å². The zero-order chi connectivity index (χ0) is 28.2. The zero-order valence-corrected chi connectivity index (χ0v) is 24.8. The van der Waals surface area contributed by atoms with Crippen LogP contribution in [0.5, 0.6) is 0 Å². The normalized spacial score (nSPS) is 29.4. The molecular formula is C31H45N7O2. The number of nitrogens with one attached hydrogen (secondary N) is 4. The lowest BCUT2D eigenvalue weighted by molar-refractivity contribution is 0.0246. The molecule has 2 aliphatic carbocycles. The summed E-state index contributed by atoms with van der Waals surface area (Å²) in [4.78, 5) is 10.7. The molecule has 1 fully saturated rings. The molecule has 0 spiro atoms. The Hall–Kier alpha value is -2.72. The largest absolute Gasteiger partial charge is 0.412 e. The lowest BCUT2D eigenvalue weighted by atomic mass is 9.80. The summed E-state index contributed by atoms with van der Waals surface area (Å²) >= 11 is 0. The van der Waals surface area contributed by atoms with E-state index in [1.165, 1.54) is 28.8 Å². The van der Waals surface area contributed by atoms with Crippen molar-refractivity contribution in [3.8, 4) is 0 Å². The molecule has 4 unspecified atom stereocenters. The number of rotatable bonds is 5. The summed E-state index contributed by atoms with van der Waals surface area (Å²) in [6.45, 7) is 11.4. The second-order valence-electron chi connectivity index (χ2n) is 12.9. The molecule has 4 heterocycles. The van der Waals surface area contributed by atoms with Gasteiger partial charge < -0.3 is 15.3 Å². The van der Waals surface area contributed by atoms with Gasteiger partial charge in [-0.25, -0.2) is 4.99 Å². The monoisotopic (exact) mass is 547 g/mol. The van der Waals surface area contributed by atoms with Crippen LogP contribution < -0.4 is 21.4 Å². The van der Waals surface area contributed by atoms with Gasteiger partial charge in [0.1, 0.15) is 30.0 Å². The predicted molar refractivity (Wildman–Crippen MR) is 157 cm³/mol. The van der Waals surface area contributed by atoms with E-state index in [0.29, 0.717) is 5.92 Å². The number of hydroxylamine groups is 1. The average Bonchev–Trinajstić information content (AvgIpc) is 3.59. The Morgan fingerprint density at radius 3 is 2.73 bits per heavy atom. The quantitative estimate of drug-likeness (QED) is 0.359. The molecular weight excluding hydrogens is 502 g/mol. The molecule has 0 saturated heterocycles. The van der Waals surface area contributed by atoms with Crippen molar-refractivity contribution >= 4 is 5.84 Å². The molecule has 0 aromatic carbocycles. The first-order valence-electron chi connectivity index (χ1n) is 14.9. The van der Waals surface area contributed by atoms with Crippen LogP contribution in [0, 0.1) is 25.2 Å². The van der Waals surface area contributed by atoms with Crippen LogP contribution in [0.3, 0.4) is 0 Å². The van der Waals surface area contributed by atoms with E-state index >= 15 is 0 Å². The minimum absolute atomic E-state index is 0.0209. The third-order valence-electron chi connectivity index (χ3n) is 9.07. The molecule has 3 aliphatic heterocycles. The van der Waals surface area contributed by atoms with E-state index in [4.69, 9.17) is 9.83 Å². The number of aryl methyl sites for hydroxylation is 2. The fourth-order valence-corrected chi connectivity index (χ4v) is 6.78. The number of aliphatic imine (C=N–C) groups is 1. The summed E-state index contributed by atoms with van der Waals surface area (Å²) in [6.07, 6.45) is 12.6. The third-order valence-corrected chi connectivity index (χ3v) is 9.07. The summed E-state index contributed by atoms with van der Waals surface area (Å²) in [7, 11) is 1.99. The van der Waals surface area contributed by atoms with Gasteiger partial charge in [-0.15, -0.1) is 5.48 Å². The Balaban J connectivity index is 1.20. The fourth-order valence-electron chi connectivity index (χ4n) is 6.78. The molecule has 6 rings (SSSR count). The first kappa shape index (κ1) is 27.4. The highest BCUT2D eigenvalue weighted by atomic mass is 16.7. The smallest absolute Gasteiger partial charge is 0.142 e. The lowest BCUT2D eigenvalue weighted by Gasteiger charge is -2.32. The van der Waals surface area contributed by atoms with Crippen LogP contribution >= 0.6 is 0 Å². The van der Waals surface area contributed by atoms with Crippen LogP contribution in [0.1, 0.15) is 76.2 Å². The summed E-state index contributed by atoms with van der Waals surface area (Å²) in [5, 5.41) is 26.6. The van der Waals surface area contributed by atoms with E-state index in [0.717, 1.165) is 67.2 Å². The average molecular weight is 548 g/mol. The van der Waals surface area contributed by atoms with E-state index in [9.17, 15) is 5.11 Å². The first-order chi connectivity index (χ1) is 19.1. The number of aromatic nitrogens is 2. The highest BCUT2D eigenvalue weighted by Gasteiger charge is 2.36. The molecule has 0 bridgehead atoms. The van der Waals surface area contributed by atoms with Crippen LogP contribution in [0.4, 0.5) is 0 Å². The topological polar surface area (TPSA) is 108 Å². The number of hydrogen-bond donors (Lipinski definition) is 5. The highest BCUT2D eigenvalue weighted by Crippen LogP contribution is 2.39. The molecule has 0 radical (unpaired) electrons. The number of nitrogens with zero attached hydrogens (tertiary/aromatic N) is 3. The summed E-state index contributed by atoms with van der Waals surface area (Å²) < 4.78 is 1.93. The molecule has 9 heteroatoms. The maximum Gasteiger partial charge on any atom is 0.142 e. The van der Waals surface area contributed by atoms with Gasteiger partial charge in [0, 0.05) is 36.7 Å². The number of aliphatic hydroxyl groups is 1. The molecule has 40 heavy (non-hydrogen) atoms. The van der Waals surface area contributed by atoms with Crippen molar-refractivity contribution < 1.29 is 9.94 Å². The highest BCUT2D eigenvalue weighted by molar-refractivity contribution is 6.03. The number of hydrogen-bond acceptors (Lipinski definition) is 8. The van der Waals surface area contributed by atoms with Gasteiger partial charge in [0.15, 0.2) is 0 Å². The van der Waals surface area contributed by atoms with Crippen molar-refractivity contribution in [3.63, 3.8) is 0 Å². The molecule has 5 N–H and O–H groups in total. The van der Waals surface area contributed by atoms with Crippen LogP contribution in [0.2, 0.25) is 0 Å². The third kappa shape index (κ3) is 5.09. The molecule has 1 aromatic rings. The van der Waals surface area contributed by atoms with E-state index < -0.39 is 6.23 Å². The van der Waals surface area contributed by atoms with E-state index in [2.05, 4.69) is 73.3 Å². The molecule has 0 amide bonds. The standard InChI is InChI=1S/C31H45N7O2/c1-17-26(18(2)38(6)36-17)28-34-27-22(13-14-32-29(27)35-28)20-11-12-21-19(15-20)9-7-8-10-23(21)33-30(39)24-16-25(40-37-24)31(3,4)5/h12,15-16,20,23-24,29-30,32-33,37,39H,7-11,13-14H2,1-6H3,(H,34,35)/t20?,23-,24?,29?,30?/m0/s1. The molecule has 1 aromatic heterocycles. The molecule has 216 valence electrons. The number of amidine groups is 1. The molecule has 1 saturated carbocycles. The molecule has 5 atom stereocenters. The van der Waals surface area contributed by atoms with E-state index in [-0.39, 0.29) is 23.7 Å². The Morgan fingerprint density at radius 2 is 2.00 bits per heavy atom. The Labute approximate surface area is 237 Å². The second kappa shape index (κ2) is 10.6. The van der Waals surface area contributed by atoms with Gasteiger partial charge in [-0.05, 0) is 68.7 Å². The van der Waals surface area contributed by atoms with Crippen LogP contribution in [0.25, 0.3) is 0 Å². The molecule has 9 nitrogen and oxygen atoms in total. The molecule has 5 aliphatic rings. The minimum Gasteiger partial charge on any atom is -0.412 e. The van der Waals surface area contributed by atoms with Gasteiger partial charge in [0.25, 0.3) is 0 Å². The van der Waals surface area contributed by atoms with Gasteiger partial charge in [0.2, 0.25) is 0 Å². The van der Waals surface area contributed by atoms with Crippen LogP contribution in [0.15, 0.2) is 51.4 Å². The maximum absolute atomic E-state index is 11.1. The van der Waals surface area contributed by atoms with Gasteiger partial charge in [-0.1, -0.05) is 39.3 Å². The Bertz CT molecular complexity index is 1330. The minimum atomic E-state index is -0.726. The van der Waals surface area contributed by atoms with Crippen molar-refractivity contribution in [1.82, 2.24) is 31.2 Å². The summed E-state index contributed by atoms with van der Waals surface area (Å²) in [5.74, 6) is 2.16. The summed E-state index contributed by atoms with van der Waals surface area (Å²) in [6, 6.07) is -0.136. The van der Waals surface area contributed by atoms with E-state index in [1.807, 2.05) is 17.8 Å². The van der Waals surface area contributed by atoms with Crippen LogP contribution in [-0.4, -0.2) is 51.7 Å².